The normalized spacial score (nSPS) is 11.2. The predicted octanol–water partition coefficient (Wildman–Crippen LogP) is 4.92. The highest BCUT2D eigenvalue weighted by atomic mass is 32.1. The molecule has 4 aromatic rings. The van der Waals surface area contributed by atoms with Crippen molar-refractivity contribution in [2.75, 3.05) is 0 Å². The molecule has 0 aliphatic heterocycles. The molecule has 0 atom stereocenters. The summed E-state index contributed by atoms with van der Waals surface area (Å²) in [6, 6.07) is 20.1. The van der Waals surface area contributed by atoms with Crippen LogP contribution in [0.1, 0.15) is 0 Å². The summed E-state index contributed by atoms with van der Waals surface area (Å²) < 4.78 is 2.62. The van der Waals surface area contributed by atoms with Crippen LogP contribution in [0.15, 0.2) is 60.9 Å². The van der Waals surface area contributed by atoms with Crippen molar-refractivity contribution >= 4 is 31.5 Å². The molecule has 0 aliphatic carbocycles. The van der Waals surface area contributed by atoms with E-state index in [9.17, 15) is 0 Å². The SMILES string of the molecule is [c]1ccc2c(c1)sc1cc(-c3ccncc3)ccc12. The summed E-state index contributed by atoms with van der Waals surface area (Å²) in [5.41, 5.74) is 2.45. The number of benzene rings is 2. The first kappa shape index (κ1) is 10.7. The van der Waals surface area contributed by atoms with Crippen LogP contribution in [0.2, 0.25) is 0 Å². The topological polar surface area (TPSA) is 12.9 Å². The number of hydrogen-bond acceptors (Lipinski definition) is 2. The molecule has 4 rings (SSSR count). The van der Waals surface area contributed by atoms with Gasteiger partial charge in [-0.05, 0) is 41.5 Å². The summed E-state index contributed by atoms with van der Waals surface area (Å²) >= 11 is 1.82. The van der Waals surface area contributed by atoms with Crippen LogP contribution in [0, 0.1) is 6.07 Å². The lowest BCUT2D eigenvalue weighted by Crippen LogP contribution is -1.77. The minimum absolute atomic E-state index is 1.21. The third kappa shape index (κ3) is 1.72. The molecule has 0 spiro atoms. The molecule has 0 unspecified atom stereocenters. The van der Waals surface area contributed by atoms with Gasteiger partial charge in [0.1, 0.15) is 0 Å². The second-order valence-electron chi connectivity index (χ2n) is 4.47. The van der Waals surface area contributed by atoms with Gasteiger partial charge in [0.2, 0.25) is 0 Å². The maximum Gasteiger partial charge on any atom is 0.0361 e. The van der Waals surface area contributed by atoms with Crippen LogP contribution in [0.25, 0.3) is 31.3 Å². The molecule has 0 saturated heterocycles. The Morgan fingerprint density at radius 2 is 1.68 bits per heavy atom. The molecular weight excluding hydrogens is 250 g/mol. The van der Waals surface area contributed by atoms with Gasteiger partial charge in [0.25, 0.3) is 0 Å². The van der Waals surface area contributed by atoms with Crippen LogP contribution in [0.3, 0.4) is 0 Å². The molecule has 1 nitrogen and oxygen atoms in total. The van der Waals surface area contributed by atoms with E-state index < -0.39 is 0 Å². The number of hydrogen-bond donors (Lipinski definition) is 0. The van der Waals surface area contributed by atoms with Gasteiger partial charge < -0.3 is 0 Å². The standard InChI is InChI=1S/C17H10NS/c1-2-4-16-14(3-1)15-6-5-13(11-17(15)19-16)12-7-9-18-10-8-12/h1,3-11H. The van der Waals surface area contributed by atoms with Crippen LogP contribution in [-0.2, 0) is 0 Å². The summed E-state index contributed by atoms with van der Waals surface area (Å²) in [6.45, 7) is 0. The van der Waals surface area contributed by atoms with Gasteiger partial charge in [-0.2, -0.15) is 0 Å². The first-order valence-corrected chi connectivity index (χ1v) is 6.96. The van der Waals surface area contributed by atoms with Gasteiger partial charge in [-0.25, -0.2) is 0 Å². The van der Waals surface area contributed by atoms with Crippen molar-refractivity contribution in [3.63, 3.8) is 0 Å². The zero-order valence-electron chi connectivity index (χ0n) is 10.1. The zero-order valence-corrected chi connectivity index (χ0v) is 10.9. The molecule has 2 heteroatoms. The van der Waals surface area contributed by atoms with E-state index in [1.54, 1.807) is 0 Å². The van der Waals surface area contributed by atoms with E-state index in [0.717, 1.165) is 0 Å². The Kier molecular flexibility index (Phi) is 2.35. The number of rotatable bonds is 1. The number of thiophene rings is 1. The summed E-state index contributed by atoms with van der Waals surface area (Å²) in [7, 11) is 0. The Labute approximate surface area is 115 Å². The first-order chi connectivity index (χ1) is 9.42. The van der Waals surface area contributed by atoms with Crippen molar-refractivity contribution < 1.29 is 0 Å². The van der Waals surface area contributed by atoms with Crippen molar-refractivity contribution in [3.8, 4) is 11.1 Å². The van der Waals surface area contributed by atoms with Crippen molar-refractivity contribution in [1.29, 1.82) is 0 Å². The van der Waals surface area contributed by atoms with Gasteiger partial charge in [-0.15, -0.1) is 11.3 Å². The van der Waals surface area contributed by atoms with E-state index in [4.69, 9.17) is 0 Å². The molecule has 0 amide bonds. The molecule has 2 aromatic heterocycles. The van der Waals surface area contributed by atoms with Crippen LogP contribution < -0.4 is 0 Å². The Hall–Kier alpha value is -2.19. The third-order valence-electron chi connectivity index (χ3n) is 3.33. The Bertz CT molecular complexity index is 862. The quantitative estimate of drug-likeness (QED) is 0.473. The number of nitrogens with zero attached hydrogens (tertiary/aromatic N) is 1. The molecule has 89 valence electrons. The summed E-state index contributed by atoms with van der Waals surface area (Å²) in [5.74, 6) is 0. The van der Waals surface area contributed by atoms with Gasteiger partial charge in [0.15, 0.2) is 0 Å². The Balaban J connectivity index is 1.99. The molecule has 2 heterocycles. The molecule has 1 radical (unpaired) electrons. The minimum atomic E-state index is 1.21. The third-order valence-corrected chi connectivity index (χ3v) is 4.45. The average Bonchev–Trinajstić information content (AvgIpc) is 2.86. The summed E-state index contributed by atoms with van der Waals surface area (Å²) in [6.07, 6.45) is 3.67. The smallest absolute Gasteiger partial charge is 0.0361 e. The Morgan fingerprint density at radius 1 is 0.842 bits per heavy atom. The number of pyridine rings is 1. The lowest BCUT2D eigenvalue weighted by molar-refractivity contribution is 1.33. The fourth-order valence-electron chi connectivity index (χ4n) is 2.39. The van der Waals surface area contributed by atoms with Gasteiger partial charge in [0, 0.05) is 32.6 Å². The molecular formula is C17H10NS. The first-order valence-electron chi connectivity index (χ1n) is 6.14. The minimum Gasteiger partial charge on any atom is -0.265 e. The van der Waals surface area contributed by atoms with E-state index in [-0.39, 0.29) is 0 Å². The van der Waals surface area contributed by atoms with Crippen LogP contribution in [-0.4, -0.2) is 4.98 Å². The number of aromatic nitrogens is 1. The van der Waals surface area contributed by atoms with Crippen LogP contribution in [0.5, 0.6) is 0 Å². The van der Waals surface area contributed by atoms with Crippen molar-refractivity contribution in [3.05, 3.63) is 67.0 Å². The lowest BCUT2D eigenvalue weighted by atomic mass is 10.0. The maximum absolute atomic E-state index is 4.07. The fourth-order valence-corrected chi connectivity index (χ4v) is 3.52. The van der Waals surface area contributed by atoms with Gasteiger partial charge in [-0.1, -0.05) is 24.3 Å². The summed E-state index contributed by atoms with van der Waals surface area (Å²) in [4.78, 5) is 4.07. The monoisotopic (exact) mass is 260 g/mol. The molecule has 0 N–H and O–H groups in total. The van der Waals surface area contributed by atoms with Gasteiger partial charge in [-0.3, -0.25) is 4.98 Å². The lowest BCUT2D eigenvalue weighted by Gasteiger charge is -2.00. The largest absolute Gasteiger partial charge is 0.265 e. The van der Waals surface area contributed by atoms with E-state index in [0.29, 0.717) is 0 Å². The number of fused-ring (bicyclic) bond motifs is 3. The van der Waals surface area contributed by atoms with Gasteiger partial charge in [0.05, 0.1) is 0 Å². The van der Waals surface area contributed by atoms with Crippen LogP contribution >= 0.6 is 11.3 Å². The highest BCUT2D eigenvalue weighted by Crippen LogP contribution is 2.35. The molecule has 0 bridgehead atoms. The van der Waals surface area contributed by atoms with E-state index in [2.05, 4.69) is 41.4 Å². The van der Waals surface area contributed by atoms with Gasteiger partial charge >= 0.3 is 0 Å². The molecule has 19 heavy (non-hydrogen) atoms. The second-order valence-corrected chi connectivity index (χ2v) is 5.55. The van der Waals surface area contributed by atoms with E-state index in [1.165, 1.54) is 31.3 Å². The highest BCUT2D eigenvalue weighted by Gasteiger charge is 2.05. The van der Waals surface area contributed by atoms with Crippen molar-refractivity contribution in [2.45, 2.75) is 0 Å². The van der Waals surface area contributed by atoms with Crippen molar-refractivity contribution in [2.24, 2.45) is 0 Å². The predicted molar refractivity (Wildman–Crippen MR) is 81.4 cm³/mol. The second kappa shape index (κ2) is 4.18. The maximum atomic E-state index is 4.07. The molecule has 0 fully saturated rings. The fraction of sp³-hybridized carbons (Fsp3) is 0. The van der Waals surface area contributed by atoms with E-state index in [1.807, 2.05) is 41.9 Å². The molecule has 2 aromatic carbocycles. The van der Waals surface area contributed by atoms with Crippen molar-refractivity contribution in [1.82, 2.24) is 4.98 Å². The van der Waals surface area contributed by atoms with Crippen LogP contribution in [0.4, 0.5) is 0 Å². The molecule has 0 aliphatic rings. The molecule has 0 saturated carbocycles. The average molecular weight is 260 g/mol. The Morgan fingerprint density at radius 3 is 2.58 bits per heavy atom. The highest BCUT2D eigenvalue weighted by molar-refractivity contribution is 7.25. The summed E-state index contributed by atoms with van der Waals surface area (Å²) in [5, 5.41) is 2.65. The zero-order chi connectivity index (χ0) is 12.7. The van der Waals surface area contributed by atoms with E-state index >= 15 is 0 Å².